The second kappa shape index (κ2) is 4.01. The minimum absolute atomic E-state index is 0.688. The van der Waals surface area contributed by atoms with Gasteiger partial charge in [-0.05, 0) is 23.8 Å². The van der Waals surface area contributed by atoms with Crippen molar-refractivity contribution in [2.24, 2.45) is 17.4 Å². The van der Waals surface area contributed by atoms with Crippen LogP contribution in [0.5, 0.6) is 0 Å². The topological polar surface area (TPSA) is 52.0 Å². The third-order valence-electron chi connectivity index (χ3n) is 1.64. The molecule has 3 heteroatoms. The number of rotatable bonds is 3. The van der Waals surface area contributed by atoms with Gasteiger partial charge in [0.05, 0.1) is 0 Å². The molecule has 1 atom stereocenters. The highest BCUT2D eigenvalue weighted by Gasteiger charge is 2.13. The average molecular weight is 158 g/mol. The van der Waals surface area contributed by atoms with Gasteiger partial charge in [-0.2, -0.15) is 0 Å². The zero-order chi connectivity index (χ0) is 7.40. The maximum Gasteiger partial charge on any atom is 0.0235 e. The maximum atomic E-state index is 5.47. The lowest BCUT2D eigenvalue weighted by atomic mass is 10.1. The first-order chi connectivity index (χ1) is 4.86. The normalized spacial score (nSPS) is 25.0. The highest BCUT2D eigenvalue weighted by molar-refractivity contribution is 8.03. The van der Waals surface area contributed by atoms with Crippen LogP contribution in [0.25, 0.3) is 0 Å². The molecule has 0 radical (unpaired) electrons. The van der Waals surface area contributed by atoms with Crippen molar-refractivity contribution >= 4 is 11.8 Å². The Morgan fingerprint density at radius 1 is 1.60 bits per heavy atom. The van der Waals surface area contributed by atoms with Crippen LogP contribution in [0.4, 0.5) is 0 Å². The monoisotopic (exact) mass is 158 g/mol. The van der Waals surface area contributed by atoms with E-state index in [1.807, 2.05) is 11.8 Å². The van der Waals surface area contributed by atoms with Gasteiger partial charge in [-0.3, -0.25) is 0 Å². The van der Waals surface area contributed by atoms with E-state index in [0.29, 0.717) is 12.5 Å². The predicted molar refractivity (Wildman–Crippen MR) is 46.8 cm³/mol. The van der Waals surface area contributed by atoms with Crippen LogP contribution in [0.1, 0.15) is 6.42 Å². The Labute approximate surface area is 66.0 Å². The van der Waals surface area contributed by atoms with Gasteiger partial charge in [0.25, 0.3) is 0 Å². The molecule has 4 N–H and O–H groups in total. The fraction of sp³-hybridized carbons (Fsp3) is 0.714. The summed E-state index contributed by atoms with van der Waals surface area (Å²) in [7, 11) is 0. The molecule has 10 heavy (non-hydrogen) atoms. The fourth-order valence-electron chi connectivity index (χ4n) is 1.08. The molecule has 0 bridgehead atoms. The van der Waals surface area contributed by atoms with E-state index >= 15 is 0 Å². The van der Waals surface area contributed by atoms with Gasteiger partial charge in [0.2, 0.25) is 0 Å². The first-order valence-electron chi connectivity index (χ1n) is 3.60. The highest BCUT2D eigenvalue weighted by atomic mass is 32.2. The molecular formula is C7H14N2S. The molecule has 0 aliphatic carbocycles. The zero-order valence-corrected chi connectivity index (χ0v) is 6.86. The van der Waals surface area contributed by atoms with Crippen molar-refractivity contribution < 1.29 is 0 Å². The van der Waals surface area contributed by atoms with E-state index in [1.54, 1.807) is 0 Å². The Bertz CT molecular complexity index is 134. The SMILES string of the molecule is NCCC1C=C(CN)SC1. The van der Waals surface area contributed by atoms with E-state index in [-0.39, 0.29) is 0 Å². The van der Waals surface area contributed by atoms with E-state index in [4.69, 9.17) is 11.5 Å². The molecule has 2 nitrogen and oxygen atoms in total. The minimum atomic E-state index is 0.688. The molecular weight excluding hydrogens is 144 g/mol. The average Bonchev–Trinajstić information content (AvgIpc) is 2.37. The molecule has 1 aliphatic heterocycles. The predicted octanol–water partition coefficient (Wildman–Crippen LogP) is 0.541. The Balaban J connectivity index is 2.32. The molecule has 0 saturated carbocycles. The van der Waals surface area contributed by atoms with Gasteiger partial charge in [-0.25, -0.2) is 0 Å². The lowest BCUT2D eigenvalue weighted by Crippen LogP contribution is -2.06. The van der Waals surface area contributed by atoms with Crippen molar-refractivity contribution in [2.45, 2.75) is 6.42 Å². The summed E-state index contributed by atoms with van der Waals surface area (Å²) in [6.45, 7) is 1.49. The van der Waals surface area contributed by atoms with Gasteiger partial charge in [-0.15, -0.1) is 11.8 Å². The Hall–Kier alpha value is 0.01000. The van der Waals surface area contributed by atoms with Gasteiger partial charge in [0.15, 0.2) is 0 Å². The van der Waals surface area contributed by atoms with Crippen LogP contribution in [-0.4, -0.2) is 18.8 Å². The van der Waals surface area contributed by atoms with Gasteiger partial charge < -0.3 is 11.5 Å². The van der Waals surface area contributed by atoms with E-state index < -0.39 is 0 Å². The molecule has 0 fully saturated rings. The second-order valence-corrected chi connectivity index (χ2v) is 3.63. The Morgan fingerprint density at radius 2 is 2.40 bits per heavy atom. The quantitative estimate of drug-likeness (QED) is 0.630. The molecule has 0 aromatic heterocycles. The summed E-state index contributed by atoms with van der Waals surface area (Å²) in [5, 5.41) is 0. The number of thioether (sulfide) groups is 1. The van der Waals surface area contributed by atoms with E-state index in [1.165, 1.54) is 10.7 Å². The molecule has 0 amide bonds. The number of hydrogen-bond acceptors (Lipinski definition) is 3. The van der Waals surface area contributed by atoms with Crippen molar-refractivity contribution in [3.63, 3.8) is 0 Å². The van der Waals surface area contributed by atoms with Gasteiger partial charge in [0.1, 0.15) is 0 Å². The maximum absolute atomic E-state index is 5.47. The van der Waals surface area contributed by atoms with E-state index in [2.05, 4.69) is 6.08 Å². The molecule has 1 aliphatic rings. The van der Waals surface area contributed by atoms with Crippen LogP contribution in [0.15, 0.2) is 11.0 Å². The molecule has 0 saturated heterocycles. The summed E-state index contributed by atoms with van der Waals surface area (Å²) in [6.07, 6.45) is 3.37. The van der Waals surface area contributed by atoms with Crippen LogP contribution in [0.2, 0.25) is 0 Å². The first-order valence-corrected chi connectivity index (χ1v) is 4.59. The van der Waals surface area contributed by atoms with Crippen LogP contribution < -0.4 is 11.5 Å². The van der Waals surface area contributed by atoms with Crippen molar-refractivity contribution in [1.29, 1.82) is 0 Å². The first kappa shape index (κ1) is 8.11. The summed E-state index contributed by atoms with van der Waals surface area (Å²) < 4.78 is 0. The third kappa shape index (κ3) is 2.01. The van der Waals surface area contributed by atoms with E-state index in [0.717, 1.165) is 13.0 Å². The standard InChI is InChI=1S/C7H14N2S/c8-2-1-6-3-7(4-9)10-5-6/h3,6H,1-2,4-5,8-9H2. The van der Waals surface area contributed by atoms with Crippen molar-refractivity contribution in [3.05, 3.63) is 11.0 Å². The summed E-state index contributed by atoms with van der Waals surface area (Å²) in [6, 6.07) is 0. The lowest BCUT2D eigenvalue weighted by Gasteiger charge is -2.00. The van der Waals surface area contributed by atoms with E-state index in [9.17, 15) is 0 Å². The highest BCUT2D eigenvalue weighted by Crippen LogP contribution is 2.29. The van der Waals surface area contributed by atoms with Gasteiger partial charge in [0, 0.05) is 12.3 Å². The molecule has 58 valence electrons. The molecule has 0 aromatic rings. The molecule has 1 unspecified atom stereocenters. The summed E-state index contributed by atoms with van der Waals surface area (Å²) >= 11 is 1.87. The van der Waals surface area contributed by atoms with Crippen LogP contribution >= 0.6 is 11.8 Å². The van der Waals surface area contributed by atoms with Crippen LogP contribution in [0.3, 0.4) is 0 Å². The van der Waals surface area contributed by atoms with Crippen LogP contribution in [-0.2, 0) is 0 Å². The molecule has 1 heterocycles. The van der Waals surface area contributed by atoms with Gasteiger partial charge in [-0.1, -0.05) is 6.08 Å². The Morgan fingerprint density at radius 3 is 2.90 bits per heavy atom. The molecule has 1 rings (SSSR count). The number of hydrogen-bond donors (Lipinski definition) is 2. The summed E-state index contributed by atoms with van der Waals surface area (Å²) in [5.41, 5.74) is 10.9. The second-order valence-electron chi connectivity index (χ2n) is 2.49. The molecule has 0 aromatic carbocycles. The summed E-state index contributed by atoms with van der Waals surface area (Å²) in [4.78, 5) is 1.33. The number of nitrogens with two attached hydrogens (primary N) is 2. The minimum Gasteiger partial charge on any atom is -0.330 e. The smallest absolute Gasteiger partial charge is 0.0235 e. The van der Waals surface area contributed by atoms with Crippen molar-refractivity contribution in [3.8, 4) is 0 Å². The third-order valence-corrected chi connectivity index (χ3v) is 2.91. The fourth-order valence-corrected chi connectivity index (χ4v) is 2.18. The number of allylic oxidation sites excluding steroid dienone is 1. The van der Waals surface area contributed by atoms with Crippen molar-refractivity contribution in [1.82, 2.24) is 0 Å². The largest absolute Gasteiger partial charge is 0.330 e. The summed E-state index contributed by atoms with van der Waals surface area (Å²) in [5.74, 6) is 1.87. The molecule has 0 spiro atoms. The van der Waals surface area contributed by atoms with Crippen molar-refractivity contribution in [2.75, 3.05) is 18.8 Å². The zero-order valence-electron chi connectivity index (χ0n) is 6.05. The lowest BCUT2D eigenvalue weighted by molar-refractivity contribution is 0.673. The van der Waals surface area contributed by atoms with Crippen LogP contribution in [0, 0.1) is 5.92 Å². The van der Waals surface area contributed by atoms with Gasteiger partial charge >= 0.3 is 0 Å². The Kier molecular flexibility index (Phi) is 3.25.